The van der Waals surface area contributed by atoms with Crippen LogP contribution in [0.4, 0.5) is 0 Å². The highest BCUT2D eigenvalue weighted by Crippen LogP contribution is 2.23. The molecule has 0 amide bonds. The van der Waals surface area contributed by atoms with Crippen molar-refractivity contribution in [1.29, 1.82) is 5.26 Å². The second kappa shape index (κ2) is 9.38. The van der Waals surface area contributed by atoms with E-state index in [-0.39, 0.29) is 0 Å². The van der Waals surface area contributed by atoms with E-state index < -0.39 is 5.97 Å². The van der Waals surface area contributed by atoms with Crippen LogP contribution in [0.2, 0.25) is 0 Å². The second-order valence-electron chi connectivity index (χ2n) is 6.33. The third-order valence-corrected chi connectivity index (χ3v) is 4.27. The molecule has 0 aliphatic heterocycles. The van der Waals surface area contributed by atoms with Gasteiger partial charge >= 0.3 is 5.97 Å². The van der Waals surface area contributed by atoms with Gasteiger partial charge in [-0.15, -0.1) is 0 Å². The molecule has 4 nitrogen and oxygen atoms in total. The fourth-order valence-corrected chi connectivity index (χ4v) is 2.64. The molecule has 0 heterocycles. The normalized spacial score (nSPS) is 10.1. The third-order valence-electron chi connectivity index (χ3n) is 4.27. The van der Waals surface area contributed by atoms with Gasteiger partial charge in [-0.05, 0) is 66.1 Å². The van der Waals surface area contributed by atoms with E-state index in [0.29, 0.717) is 23.5 Å². The number of rotatable bonds is 7. The summed E-state index contributed by atoms with van der Waals surface area (Å²) in [5, 5.41) is 8.87. The fourth-order valence-electron chi connectivity index (χ4n) is 2.64. The van der Waals surface area contributed by atoms with Gasteiger partial charge in [0.25, 0.3) is 0 Å². The number of esters is 1. The SMILES string of the molecule is CCCCOc1ccc(C(=O)Oc2ccc(-c3ccc(C#N)cc3)cc2)cc1. The van der Waals surface area contributed by atoms with Crippen LogP contribution in [0, 0.1) is 11.3 Å². The monoisotopic (exact) mass is 371 g/mol. The van der Waals surface area contributed by atoms with Crippen LogP contribution in [0.3, 0.4) is 0 Å². The molecule has 0 fully saturated rings. The van der Waals surface area contributed by atoms with Gasteiger partial charge in [-0.25, -0.2) is 4.79 Å². The van der Waals surface area contributed by atoms with Crippen molar-refractivity contribution in [3.8, 4) is 28.7 Å². The number of hydrogen-bond acceptors (Lipinski definition) is 4. The van der Waals surface area contributed by atoms with E-state index in [1.807, 2.05) is 24.3 Å². The summed E-state index contributed by atoms with van der Waals surface area (Å²) < 4.78 is 11.0. The summed E-state index contributed by atoms with van der Waals surface area (Å²) in [6.45, 7) is 2.78. The highest BCUT2D eigenvalue weighted by atomic mass is 16.5. The first-order chi connectivity index (χ1) is 13.7. The molecule has 140 valence electrons. The number of ether oxygens (including phenoxy) is 2. The quantitative estimate of drug-likeness (QED) is 0.307. The summed E-state index contributed by atoms with van der Waals surface area (Å²) >= 11 is 0. The molecule has 28 heavy (non-hydrogen) atoms. The van der Waals surface area contributed by atoms with Crippen molar-refractivity contribution >= 4 is 5.97 Å². The van der Waals surface area contributed by atoms with E-state index in [4.69, 9.17) is 14.7 Å². The molecule has 0 spiro atoms. The third kappa shape index (κ3) is 4.99. The molecule has 3 aromatic rings. The largest absolute Gasteiger partial charge is 0.494 e. The Bertz CT molecular complexity index is 953. The second-order valence-corrected chi connectivity index (χ2v) is 6.33. The molecule has 3 aromatic carbocycles. The Hall–Kier alpha value is -3.58. The van der Waals surface area contributed by atoms with Gasteiger partial charge in [-0.3, -0.25) is 0 Å². The van der Waals surface area contributed by atoms with Crippen molar-refractivity contribution in [2.75, 3.05) is 6.61 Å². The number of carbonyl (C=O) groups excluding carboxylic acids is 1. The number of unbranched alkanes of at least 4 members (excludes halogenated alkanes) is 1. The van der Waals surface area contributed by atoms with Gasteiger partial charge in [-0.2, -0.15) is 5.26 Å². The summed E-state index contributed by atoms with van der Waals surface area (Å²) in [5.74, 6) is 0.814. The zero-order valence-electron chi connectivity index (χ0n) is 15.7. The van der Waals surface area contributed by atoms with Crippen LogP contribution in [0.15, 0.2) is 72.8 Å². The predicted octanol–water partition coefficient (Wildman–Crippen LogP) is 5.62. The highest BCUT2D eigenvalue weighted by molar-refractivity contribution is 5.91. The lowest BCUT2D eigenvalue weighted by molar-refractivity contribution is 0.0734. The fraction of sp³-hybridized carbons (Fsp3) is 0.167. The summed E-state index contributed by atoms with van der Waals surface area (Å²) in [7, 11) is 0. The number of hydrogen-bond donors (Lipinski definition) is 0. The molecule has 0 bridgehead atoms. The Morgan fingerprint density at radius 3 is 2.00 bits per heavy atom. The van der Waals surface area contributed by atoms with E-state index in [9.17, 15) is 4.79 Å². The number of benzene rings is 3. The molecule has 0 aliphatic rings. The molecule has 0 radical (unpaired) electrons. The van der Waals surface area contributed by atoms with Crippen LogP contribution < -0.4 is 9.47 Å². The summed E-state index contributed by atoms with van der Waals surface area (Å²) in [4.78, 5) is 12.3. The van der Waals surface area contributed by atoms with E-state index in [1.54, 1.807) is 48.5 Å². The average molecular weight is 371 g/mol. The van der Waals surface area contributed by atoms with Crippen LogP contribution in [-0.4, -0.2) is 12.6 Å². The molecule has 0 aliphatic carbocycles. The lowest BCUT2D eigenvalue weighted by Gasteiger charge is -2.08. The Labute approximate surface area is 165 Å². The van der Waals surface area contributed by atoms with Gasteiger partial charge in [0.05, 0.1) is 23.8 Å². The van der Waals surface area contributed by atoms with Gasteiger partial charge in [0.15, 0.2) is 0 Å². The standard InChI is InChI=1S/C24H21NO3/c1-2-3-16-27-22-12-10-21(11-13-22)24(26)28-23-14-8-20(9-15-23)19-6-4-18(17-25)5-7-19/h4-15H,2-3,16H2,1H3. The van der Waals surface area contributed by atoms with Crippen molar-refractivity contribution in [2.45, 2.75) is 19.8 Å². The Kier molecular flexibility index (Phi) is 6.43. The first-order valence-corrected chi connectivity index (χ1v) is 9.25. The minimum atomic E-state index is -0.411. The maximum Gasteiger partial charge on any atom is 0.343 e. The minimum Gasteiger partial charge on any atom is -0.494 e. The van der Waals surface area contributed by atoms with Crippen LogP contribution >= 0.6 is 0 Å². The van der Waals surface area contributed by atoms with E-state index in [0.717, 1.165) is 29.7 Å². The average Bonchev–Trinajstić information content (AvgIpc) is 2.75. The van der Waals surface area contributed by atoms with Gasteiger partial charge in [0.2, 0.25) is 0 Å². The first kappa shape index (κ1) is 19.2. The van der Waals surface area contributed by atoms with E-state index in [1.165, 1.54) is 0 Å². The van der Waals surface area contributed by atoms with Crippen molar-refractivity contribution in [3.05, 3.63) is 83.9 Å². The minimum absolute atomic E-state index is 0.411. The lowest BCUT2D eigenvalue weighted by Crippen LogP contribution is -2.08. The van der Waals surface area contributed by atoms with Crippen LogP contribution in [0.25, 0.3) is 11.1 Å². The van der Waals surface area contributed by atoms with Gasteiger partial charge < -0.3 is 9.47 Å². The van der Waals surface area contributed by atoms with Crippen molar-refractivity contribution in [1.82, 2.24) is 0 Å². The van der Waals surface area contributed by atoms with Gasteiger partial charge in [-0.1, -0.05) is 37.6 Å². The summed E-state index contributed by atoms with van der Waals surface area (Å²) in [5.41, 5.74) is 3.07. The highest BCUT2D eigenvalue weighted by Gasteiger charge is 2.09. The molecular weight excluding hydrogens is 350 g/mol. The number of nitrogens with zero attached hydrogens (tertiary/aromatic N) is 1. The molecule has 0 atom stereocenters. The summed E-state index contributed by atoms with van der Waals surface area (Å²) in [6.07, 6.45) is 2.08. The molecule has 0 aromatic heterocycles. The molecular formula is C24H21NO3. The van der Waals surface area contributed by atoms with Crippen LogP contribution in [0.5, 0.6) is 11.5 Å². The Morgan fingerprint density at radius 1 is 0.857 bits per heavy atom. The zero-order valence-corrected chi connectivity index (χ0v) is 15.7. The maximum absolute atomic E-state index is 12.3. The maximum atomic E-state index is 12.3. The molecule has 0 saturated carbocycles. The first-order valence-electron chi connectivity index (χ1n) is 9.25. The smallest absolute Gasteiger partial charge is 0.343 e. The van der Waals surface area contributed by atoms with E-state index >= 15 is 0 Å². The van der Waals surface area contributed by atoms with Gasteiger partial charge in [0.1, 0.15) is 11.5 Å². The molecule has 4 heteroatoms. The van der Waals surface area contributed by atoms with Crippen LogP contribution in [-0.2, 0) is 0 Å². The Balaban J connectivity index is 1.61. The predicted molar refractivity (Wildman–Crippen MR) is 108 cm³/mol. The lowest BCUT2D eigenvalue weighted by atomic mass is 10.0. The van der Waals surface area contributed by atoms with Crippen LogP contribution in [0.1, 0.15) is 35.7 Å². The Morgan fingerprint density at radius 2 is 1.43 bits per heavy atom. The molecule has 0 saturated heterocycles. The van der Waals surface area contributed by atoms with Crippen molar-refractivity contribution in [2.24, 2.45) is 0 Å². The number of nitriles is 1. The molecule has 0 N–H and O–H groups in total. The van der Waals surface area contributed by atoms with Crippen molar-refractivity contribution < 1.29 is 14.3 Å². The molecule has 0 unspecified atom stereocenters. The van der Waals surface area contributed by atoms with E-state index in [2.05, 4.69) is 13.0 Å². The molecule has 3 rings (SSSR count). The van der Waals surface area contributed by atoms with Crippen molar-refractivity contribution in [3.63, 3.8) is 0 Å². The topological polar surface area (TPSA) is 59.3 Å². The number of carbonyl (C=O) groups is 1. The zero-order chi connectivity index (χ0) is 19.8. The summed E-state index contributed by atoms with van der Waals surface area (Å²) in [6, 6.07) is 23.7. The van der Waals surface area contributed by atoms with Gasteiger partial charge in [0, 0.05) is 0 Å².